The Labute approximate surface area is 424 Å². The molecule has 0 radical (unpaired) electrons. The van der Waals surface area contributed by atoms with Crippen molar-refractivity contribution in [3.05, 3.63) is 224 Å². The molecule has 1 aliphatic rings. The van der Waals surface area contributed by atoms with E-state index in [1.165, 1.54) is 16.7 Å². The minimum absolute atomic E-state index is 0. The molecule has 0 bridgehead atoms. The summed E-state index contributed by atoms with van der Waals surface area (Å²) in [6, 6.07) is 75.7. The van der Waals surface area contributed by atoms with Gasteiger partial charge in [0.05, 0.1) is 16.7 Å². The van der Waals surface area contributed by atoms with Gasteiger partial charge < -0.3 is 18.3 Å². The van der Waals surface area contributed by atoms with E-state index in [1.807, 2.05) is 36.5 Å². The Morgan fingerprint density at radius 1 is 0.521 bits per heavy atom. The summed E-state index contributed by atoms with van der Waals surface area (Å²) in [5, 5.41) is 4.38. The number of hydrogen-bond acceptors (Lipinski definition) is 3. The molecule has 0 saturated heterocycles. The summed E-state index contributed by atoms with van der Waals surface area (Å²) in [6.45, 7) is 6.68. The molecular weight excluding hydrogens is 1050 g/mol. The number of imidazole rings is 1. The molecule has 14 rings (SSSR count). The Kier molecular flexibility index (Phi) is 9.88. The molecule has 71 heavy (non-hydrogen) atoms. The molecule has 0 unspecified atom stereocenters. The minimum Gasteiger partial charge on any atom is -0.510 e. The molecule has 4 aromatic heterocycles. The molecule has 7 heteroatoms. The molecule has 0 aliphatic carbocycles. The molecule has 342 valence electrons. The van der Waals surface area contributed by atoms with Crippen molar-refractivity contribution < 1.29 is 34.8 Å². The second kappa shape index (κ2) is 16.4. The van der Waals surface area contributed by atoms with E-state index < -0.39 is 0 Å². The fourth-order valence-corrected chi connectivity index (χ4v) is 10.7. The van der Waals surface area contributed by atoms with Crippen molar-refractivity contribution in [2.75, 3.05) is 0 Å². The van der Waals surface area contributed by atoms with Crippen LogP contribution in [0.25, 0.3) is 116 Å². The maximum Gasteiger partial charge on any atom is 0.268 e. The molecule has 0 N–H and O–H groups in total. The van der Waals surface area contributed by atoms with Crippen molar-refractivity contribution in [2.24, 2.45) is 0 Å². The van der Waals surface area contributed by atoms with E-state index in [2.05, 4.69) is 217 Å². The fraction of sp³-hybridized carbons (Fsp3) is 0.0625. The average molecular weight is 1090 g/mol. The molecule has 13 aromatic rings. The zero-order valence-corrected chi connectivity index (χ0v) is 41.2. The van der Waals surface area contributed by atoms with E-state index in [9.17, 15) is 0 Å². The minimum atomic E-state index is -0.0407. The van der Waals surface area contributed by atoms with E-state index in [0.29, 0.717) is 11.5 Å². The topological polar surface area (TPSA) is 49.0 Å². The number of para-hydroxylation sites is 4. The number of aromatic nitrogens is 4. The van der Waals surface area contributed by atoms with Crippen molar-refractivity contribution in [1.29, 1.82) is 0 Å². The third-order valence-corrected chi connectivity index (χ3v) is 14.0. The molecule has 6 nitrogen and oxygen atoms in total. The van der Waals surface area contributed by atoms with Crippen LogP contribution >= 0.6 is 0 Å². The first-order valence-electron chi connectivity index (χ1n) is 23.7. The van der Waals surface area contributed by atoms with Gasteiger partial charge in [-0.1, -0.05) is 154 Å². The Hall–Kier alpha value is -8.31. The van der Waals surface area contributed by atoms with E-state index in [-0.39, 0.29) is 26.5 Å². The van der Waals surface area contributed by atoms with Crippen LogP contribution in [0.4, 0.5) is 0 Å². The zero-order valence-electron chi connectivity index (χ0n) is 39.0. The van der Waals surface area contributed by atoms with E-state index in [1.54, 1.807) is 0 Å². The van der Waals surface area contributed by atoms with Gasteiger partial charge in [-0.25, -0.2) is 4.98 Å². The second-order valence-corrected chi connectivity index (χ2v) is 19.1. The third kappa shape index (κ3) is 6.81. The van der Waals surface area contributed by atoms with Crippen LogP contribution in [0.3, 0.4) is 0 Å². The van der Waals surface area contributed by atoms with Crippen LogP contribution in [0.2, 0.25) is 0 Å². The maximum atomic E-state index is 6.74. The van der Waals surface area contributed by atoms with Crippen LogP contribution in [0, 0.1) is 18.5 Å². The summed E-state index contributed by atoms with van der Waals surface area (Å²) in [5.74, 6) is 1.98. The summed E-state index contributed by atoms with van der Waals surface area (Å²) in [7, 11) is 0. The van der Waals surface area contributed by atoms with Crippen LogP contribution in [-0.2, 0) is 26.5 Å². The van der Waals surface area contributed by atoms with Crippen LogP contribution in [0.5, 0.6) is 11.5 Å². The maximum absolute atomic E-state index is 6.74. The van der Waals surface area contributed by atoms with Crippen LogP contribution < -0.4 is 9.30 Å². The molecule has 0 fully saturated rings. The fourth-order valence-electron chi connectivity index (χ4n) is 10.7. The molecule has 0 saturated carbocycles. The molecule has 0 spiro atoms. The first-order chi connectivity index (χ1) is 34.3. The third-order valence-electron chi connectivity index (χ3n) is 14.0. The van der Waals surface area contributed by atoms with Gasteiger partial charge in [0, 0.05) is 55.1 Å². The van der Waals surface area contributed by atoms with E-state index in [4.69, 9.17) is 14.1 Å². The number of pyridine rings is 1. The van der Waals surface area contributed by atoms with Gasteiger partial charge in [0.1, 0.15) is 17.0 Å². The normalized spacial score (nSPS) is 12.0. The standard InChI is InChI=1S/C64H42N4O2.Pt/c1-64(2,3)41-33-34-65-61(36-41)68-56-26-10-8-21-50(56)51-31-30-44(38-58(51)68)69-43-16-12-15-42(37-43)66-39-67-62-45(40-29-32-60-55(35-40)52-22-9-11-28-59(52)70-60)23-13-24-53(62)48-19-6-4-17-46(48)47-18-5-7-20-49(47)54-25-14-27-57(66)63(54)67;/h4-36H,1-3H3;/q-2;. The number of rotatable bonds is 5. The van der Waals surface area contributed by atoms with E-state index in [0.717, 1.165) is 105 Å². The van der Waals surface area contributed by atoms with Crippen molar-refractivity contribution in [2.45, 2.75) is 26.2 Å². The van der Waals surface area contributed by atoms with Gasteiger partial charge >= 0.3 is 0 Å². The summed E-state index contributed by atoms with van der Waals surface area (Å²) in [5.41, 5.74) is 17.7. The van der Waals surface area contributed by atoms with Crippen molar-refractivity contribution in [1.82, 2.24) is 14.1 Å². The van der Waals surface area contributed by atoms with Gasteiger partial charge in [0.15, 0.2) is 0 Å². The Morgan fingerprint density at radius 3 is 1.97 bits per heavy atom. The van der Waals surface area contributed by atoms with Gasteiger partial charge in [-0.15, -0.1) is 29.7 Å². The number of ether oxygens (including phenoxy) is 1. The number of nitrogens with zero attached hydrogens (tertiary/aromatic N) is 4. The number of benzene rings is 9. The second-order valence-electron chi connectivity index (χ2n) is 19.1. The van der Waals surface area contributed by atoms with Crippen molar-refractivity contribution in [3.8, 4) is 73.2 Å². The summed E-state index contributed by atoms with van der Waals surface area (Å²) in [6.07, 6.45) is 5.81. The van der Waals surface area contributed by atoms with Crippen LogP contribution in [-0.4, -0.2) is 14.1 Å². The van der Waals surface area contributed by atoms with Crippen molar-refractivity contribution >= 4 is 54.8 Å². The first kappa shape index (κ1) is 42.8. The predicted octanol–water partition coefficient (Wildman–Crippen LogP) is 15.8. The SMILES string of the molecule is CC(C)(C)c1ccnc(-n2c3[c-]c(Oc4[c-]c(-n5[c-][n+]6c7c(cccc75)-c5ccccc5-c5ccccc5-c5cccc(-c7ccc8oc9ccccc9c8c7)c5-6)ccc4)ccc3c3ccccc32)c1.[Pt]. The number of fused-ring (bicyclic) bond motifs is 13. The molecule has 0 amide bonds. The van der Waals surface area contributed by atoms with Crippen LogP contribution in [0.15, 0.2) is 205 Å². The van der Waals surface area contributed by atoms with Crippen LogP contribution in [0.1, 0.15) is 26.3 Å². The summed E-state index contributed by atoms with van der Waals surface area (Å²) >= 11 is 0. The molecule has 5 heterocycles. The Morgan fingerprint density at radius 2 is 1.15 bits per heavy atom. The van der Waals surface area contributed by atoms with Gasteiger partial charge in [-0.05, 0) is 103 Å². The quantitative estimate of drug-likeness (QED) is 0.127. The average Bonchev–Trinajstić information content (AvgIpc) is 4.08. The van der Waals surface area contributed by atoms with Gasteiger partial charge in [0.2, 0.25) is 0 Å². The molecule has 0 atom stereocenters. The molecule has 1 aliphatic heterocycles. The Bertz CT molecular complexity index is 4280. The summed E-state index contributed by atoms with van der Waals surface area (Å²) < 4.78 is 19.6. The molecule has 9 aromatic carbocycles. The molecular formula is C64H42N4O2Pt-2. The predicted molar refractivity (Wildman–Crippen MR) is 281 cm³/mol. The van der Waals surface area contributed by atoms with Gasteiger partial charge in [0.25, 0.3) is 6.33 Å². The summed E-state index contributed by atoms with van der Waals surface area (Å²) in [4.78, 5) is 4.88. The van der Waals surface area contributed by atoms with E-state index >= 15 is 0 Å². The van der Waals surface area contributed by atoms with Gasteiger partial charge in [-0.3, -0.25) is 4.57 Å². The van der Waals surface area contributed by atoms with Crippen molar-refractivity contribution in [3.63, 3.8) is 0 Å². The monoisotopic (exact) mass is 1090 g/mol. The van der Waals surface area contributed by atoms with Gasteiger partial charge in [-0.2, -0.15) is 18.2 Å². The largest absolute Gasteiger partial charge is 0.510 e. The smallest absolute Gasteiger partial charge is 0.268 e. The number of hydrogen-bond donors (Lipinski definition) is 0. The number of furan rings is 1. The Balaban J connectivity index is 0.00000492. The zero-order chi connectivity index (χ0) is 46.7. The first-order valence-corrected chi connectivity index (χ1v) is 23.7.